The predicted molar refractivity (Wildman–Crippen MR) is 115 cm³/mol. The summed E-state index contributed by atoms with van der Waals surface area (Å²) in [4.78, 5) is 21.3. The van der Waals surface area contributed by atoms with Gasteiger partial charge in [0.25, 0.3) is 0 Å². The zero-order valence-electron chi connectivity index (χ0n) is 16.3. The van der Waals surface area contributed by atoms with Gasteiger partial charge >= 0.3 is 10.1 Å². The number of nitrogens with one attached hydrogen (secondary N) is 1. The molecule has 1 amide bonds. The molecule has 0 saturated heterocycles. The number of amides is 1. The second-order valence-corrected chi connectivity index (χ2v) is 9.92. The SMILES string of the molecule is CCc1csc(C(Cc2ccc(S(=O)(=O)ON)cc2)NC(=O)CCc2nccs2)n1. The summed E-state index contributed by atoms with van der Waals surface area (Å²) in [5.74, 6) is 4.74. The van der Waals surface area contributed by atoms with Crippen molar-refractivity contribution in [3.05, 3.63) is 62.5 Å². The van der Waals surface area contributed by atoms with Crippen LogP contribution in [0.25, 0.3) is 0 Å². The van der Waals surface area contributed by atoms with Crippen LogP contribution in [0, 0.1) is 0 Å². The van der Waals surface area contributed by atoms with E-state index in [1.54, 1.807) is 18.3 Å². The first-order valence-corrected chi connectivity index (χ1v) is 12.4. The Kier molecular flexibility index (Phi) is 7.67. The maximum Gasteiger partial charge on any atom is 0.312 e. The first-order chi connectivity index (χ1) is 14.4. The van der Waals surface area contributed by atoms with Gasteiger partial charge in [-0.25, -0.2) is 9.97 Å². The molecular formula is C19H22N4O4S3. The van der Waals surface area contributed by atoms with E-state index < -0.39 is 10.1 Å². The van der Waals surface area contributed by atoms with Gasteiger partial charge in [0, 0.05) is 29.8 Å². The van der Waals surface area contributed by atoms with E-state index in [-0.39, 0.29) is 16.8 Å². The molecule has 0 aliphatic heterocycles. The van der Waals surface area contributed by atoms with Crippen LogP contribution in [0.15, 0.2) is 46.1 Å². The quantitative estimate of drug-likeness (QED) is 0.440. The molecule has 3 N–H and O–H groups in total. The number of carbonyl (C=O) groups is 1. The Labute approximate surface area is 183 Å². The van der Waals surface area contributed by atoms with Crippen LogP contribution in [0.3, 0.4) is 0 Å². The minimum Gasteiger partial charge on any atom is -0.347 e. The van der Waals surface area contributed by atoms with Gasteiger partial charge in [0.15, 0.2) is 0 Å². The van der Waals surface area contributed by atoms with Crippen molar-refractivity contribution in [2.24, 2.45) is 5.90 Å². The molecule has 2 heterocycles. The van der Waals surface area contributed by atoms with Gasteiger partial charge in [0.05, 0.1) is 21.6 Å². The highest BCUT2D eigenvalue weighted by Crippen LogP contribution is 2.24. The van der Waals surface area contributed by atoms with Crippen molar-refractivity contribution in [3.8, 4) is 0 Å². The lowest BCUT2D eigenvalue weighted by atomic mass is 10.1. The fourth-order valence-corrected chi connectivity index (χ4v) is 4.95. The van der Waals surface area contributed by atoms with Crippen molar-refractivity contribution in [2.45, 2.75) is 43.5 Å². The molecule has 160 valence electrons. The van der Waals surface area contributed by atoms with Crippen LogP contribution in [-0.2, 0) is 38.5 Å². The summed E-state index contributed by atoms with van der Waals surface area (Å²) in [5, 5.41) is 8.67. The summed E-state index contributed by atoms with van der Waals surface area (Å²) >= 11 is 3.03. The zero-order valence-corrected chi connectivity index (χ0v) is 18.7. The Morgan fingerprint density at radius 3 is 2.63 bits per heavy atom. The fourth-order valence-electron chi connectivity index (χ4n) is 2.79. The largest absolute Gasteiger partial charge is 0.347 e. The van der Waals surface area contributed by atoms with E-state index >= 15 is 0 Å². The summed E-state index contributed by atoms with van der Waals surface area (Å²) in [6.07, 6.45) is 3.93. The van der Waals surface area contributed by atoms with E-state index in [0.29, 0.717) is 19.3 Å². The van der Waals surface area contributed by atoms with E-state index in [9.17, 15) is 13.2 Å². The molecule has 0 bridgehead atoms. The lowest BCUT2D eigenvalue weighted by Crippen LogP contribution is -2.30. The average molecular weight is 467 g/mol. The summed E-state index contributed by atoms with van der Waals surface area (Å²) < 4.78 is 27.4. The molecule has 1 unspecified atom stereocenters. The van der Waals surface area contributed by atoms with E-state index in [1.165, 1.54) is 34.8 Å². The van der Waals surface area contributed by atoms with E-state index in [2.05, 4.69) is 19.6 Å². The summed E-state index contributed by atoms with van der Waals surface area (Å²) in [6.45, 7) is 2.03. The van der Waals surface area contributed by atoms with Crippen LogP contribution >= 0.6 is 22.7 Å². The molecule has 0 aliphatic rings. The monoisotopic (exact) mass is 466 g/mol. The standard InChI is InChI=1S/C19H22N4O4S3/c1-2-14-12-29-19(22-14)16(23-17(24)7-8-18-21-9-10-28-18)11-13-3-5-15(6-4-13)30(25,26)27-20/h3-6,9-10,12,16H,2,7-8,11,20H2,1H3,(H,23,24). The van der Waals surface area contributed by atoms with Crippen molar-refractivity contribution < 1.29 is 17.5 Å². The number of nitrogens with zero attached hydrogens (tertiary/aromatic N) is 2. The molecule has 11 heteroatoms. The molecule has 0 spiro atoms. The van der Waals surface area contributed by atoms with E-state index in [1.807, 2.05) is 17.7 Å². The van der Waals surface area contributed by atoms with E-state index in [0.717, 1.165) is 27.7 Å². The van der Waals surface area contributed by atoms with Crippen LogP contribution in [0.5, 0.6) is 0 Å². The lowest BCUT2D eigenvalue weighted by molar-refractivity contribution is -0.121. The number of thiazole rings is 2. The minimum atomic E-state index is -3.95. The van der Waals surface area contributed by atoms with Crippen LogP contribution in [0.4, 0.5) is 0 Å². The van der Waals surface area contributed by atoms with Crippen LogP contribution in [0.2, 0.25) is 0 Å². The average Bonchev–Trinajstić information content (AvgIpc) is 3.44. The van der Waals surface area contributed by atoms with Crippen LogP contribution < -0.4 is 11.2 Å². The Bertz CT molecular complexity index is 1060. The molecule has 0 aliphatic carbocycles. The van der Waals surface area contributed by atoms with Crippen LogP contribution in [-0.4, -0.2) is 24.3 Å². The van der Waals surface area contributed by atoms with Crippen molar-refractivity contribution in [1.29, 1.82) is 0 Å². The van der Waals surface area contributed by atoms with E-state index in [4.69, 9.17) is 5.90 Å². The summed E-state index contributed by atoms with van der Waals surface area (Å²) in [5.41, 5.74) is 1.82. The van der Waals surface area contributed by atoms with Gasteiger partial charge in [-0.15, -0.1) is 22.7 Å². The van der Waals surface area contributed by atoms with Crippen molar-refractivity contribution in [1.82, 2.24) is 15.3 Å². The fraction of sp³-hybridized carbons (Fsp3) is 0.316. The second-order valence-electron chi connectivity index (χ2n) is 6.48. The summed E-state index contributed by atoms with van der Waals surface area (Å²) in [7, 11) is -3.95. The predicted octanol–water partition coefficient (Wildman–Crippen LogP) is 2.77. The molecule has 3 aromatic rings. The van der Waals surface area contributed by atoms with Gasteiger partial charge in [-0.1, -0.05) is 19.1 Å². The van der Waals surface area contributed by atoms with Gasteiger partial charge in [-0.05, 0) is 30.5 Å². The Balaban J connectivity index is 1.73. The molecule has 8 nitrogen and oxygen atoms in total. The molecule has 0 fully saturated rings. The Morgan fingerprint density at radius 1 is 1.27 bits per heavy atom. The highest BCUT2D eigenvalue weighted by molar-refractivity contribution is 7.86. The normalized spacial score (nSPS) is 12.6. The first kappa shape index (κ1) is 22.5. The molecule has 0 radical (unpaired) electrons. The first-order valence-electron chi connectivity index (χ1n) is 9.25. The molecule has 30 heavy (non-hydrogen) atoms. The highest BCUT2D eigenvalue weighted by atomic mass is 32.2. The highest BCUT2D eigenvalue weighted by Gasteiger charge is 2.20. The molecule has 1 aromatic carbocycles. The van der Waals surface area contributed by atoms with Gasteiger partial charge in [-0.3, -0.25) is 4.79 Å². The number of aromatic nitrogens is 2. The minimum absolute atomic E-state index is 0.0275. The number of hydrogen-bond acceptors (Lipinski definition) is 9. The number of rotatable bonds is 10. The Morgan fingerprint density at radius 2 is 2.03 bits per heavy atom. The number of nitrogens with two attached hydrogens (primary N) is 1. The second kappa shape index (κ2) is 10.2. The molecule has 2 aromatic heterocycles. The topological polar surface area (TPSA) is 124 Å². The smallest absolute Gasteiger partial charge is 0.312 e. The van der Waals surface area contributed by atoms with Crippen molar-refractivity contribution in [3.63, 3.8) is 0 Å². The molecule has 1 atom stereocenters. The van der Waals surface area contributed by atoms with Gasteiger partial charge < -0.3 is 5.32 Å². The third kappa shape index (κ3) is 5.92. The molecule has 3 rings (SSSR count). The lowest BCUT2D eigenvalue weighted by Gasteiger charge is -2.17. The number of carbonyl (C=O) groups excluding carboxylic acids is 1. The van der Waals surface area contributed by atoms with Crippen LogP contribution in [0.1, 0.15) is 40.7 Å². The van der Waals surface area contributed by atoms with Crippen molar-refractivity contribution in [2.75, 3.05) is 0 Å². The maximum absolute atomic E-state index is 12.5. The maximum atomic E-state index is 12.5. The van der Waals surface area contributed by atoms with Gasteiger partial charge in [-0.2, -0.15) is 18.6 Å². The molecular weight excluding hydrogens is 444 g/mol. The third-order valence-corrected chi connectivity index (χ3v) is 7.34. The zero-order chi connectivity index (χ0) is 21.6. The van der Waals surface area contributed by atoms with Gasteiger partial charge in [0.2, 0.25) is 5.91 Å². The number of benzene rings is 1. The molecule has 0 saturated carbocycles. The van der Waals surface area contributed by atoms with Crippen molar-refractivity contribution >= 4 is 38.7 Å². The number of hydrogen-bond donors (Lipinski definition) is 2. The van der Waals surface area contributed by atoms with Gasteiger partial charge in [0.1, 0.15) is 5.01 Å². The Hall–Kier alpha value is -2.18. The third-order valence-electron chi connectivity index (χ3n) is 4.39. The summed E-state index contributed by atoms with van der Waals surface area (Å²) in [6, 6.07) is 5.90. The number of aryl methyl sites for hydroxylation is 2.